The molecule has 92 valence electrons. The Bertz CT molecular complexity index is 547. The summed E-state index contributed by atoms with van der Waals surface area (Å²) in [5.74, 6) is 0.548. The van der Waals surface area contributed by atoms with E-state index in [4.69, 9.17) is 11.5 Å². The molecular formula is C15H17N3. The minimum absolute atomic E-state index is 0.0540. The molecule has 1 aromatic carbocycles. The summed E-state index contributed by atoms with van der Waals surface area (Å²) < 4.78 is 0. The normalized spacial score (nSPS) is 18.3. The summed E-state index contributed by atoms with van der Waals surface area (Å²) in [5.41, 5.74) is 14.7. The van der Waals surface area contributed by atoms with Crippen molar-refractivity contribution < 1.29 is 0 Å². The molecule has 1 aromatic heterocycles. The Morgan fingerprint density at radius 2 is 1.78 bits per heavy atom. The molecule has 1 fully saturated rings. The molecule has 0 aliphatic heterocycles. The number of nitrogens with zero attached hydrogens (tertiary/aromatic N) is 1. The fraction of sp³-hybridized carbons (Fsp3) is 0.267. The number of pyridine rings is 1. The van der Waals surface area contributed by atoms with Crippen LogP contribution in [0, 0.1) is 0 Å². The van der Waals surface area contributed by atoms with Gasteiger partial charge in [-0.1, -0.05) is 36.4 Å². The van der Waals surface area contributed by atoms with E-state index >= 15 is 0 Å². The molecule has 3 nitrogen and oxygen atoms in total. The quantitative estimate of drug-likeness (QED) is 0.864. The Labute approximate surface area is 107 Å². The minimum atomic E-state index is -0.0754. The van der Waals surface area contributed by atoms with Crippen LogP contribution in [0.3, 0.4) is 0 Å². The number of hydrogen-bond acceptors (Lipinski definition) is 3. The predicted molar refractivity (Wildman–Crippen MR) is 72.9 cm³/mol. The second-order valence-corrected chi connectivity index (χ2v) is 4.98. The highest BCUT2D eigenvalue weighted by Gasteiger charge is 2.50. The number of anilines is 1. The van der Waals surface area contributed by atoms with E-state index in [0.717, 1.165) is 18.4 Å². The third kappa shape index (κ3) is 1.68. The molecule has 1 saturated carbocycles. The summed E-state index contributed by atoms with van der Waals surface area (Å²) in [6.07, 6.45) is 3.94. The zero-order chi connectivity index (χ0) is 12.6. The first-order chi connectivity index (χ1) is 8.74. The van der Waals surface area contributed by atoms with Crippen LogP contribution in [0.15, 0.2) is 48.7 Å². The predicted octanol–water partition coefficient (Wildman–Crippen LogP) is 2.40. The number of nitrogens with two attached hydrogens (primary N) is 2. The monoisotopic (exact) mass is 239 g/mol. The van der Waals surface area contributed by atoms with Crippen LogP contribution in [0.25, 0.3) is 0 Å². The summed E-state index contributed by atoms with van der Waals surface area (Å²) >= 11 is 0. The zero-order valence-electron chi connectivity index (χ0n) is 10.2. The maximum absolute atomic E-state index is 6.45. The summed E-state index contributed by atoms with van der Waals surface area (Å²) in [5, 5.41) is 0. The van der Waals surface area contributed by atoms with Crippen molar-refractivity contribution >= 4 is 5.82 Å². The van der Waals surface area contributed by atoms with Crippen LogP contribution >= 0.6 is 0 Å². The maximum Gasteiger partial charge on any atom is 0.128 e. The average Bonchev–Trinajstić information content (AvgIpc) is 3.21. The standard InChI is InChI=1S/C15H17N3/c16-13(12-7-4-10-18-14(12)17)15(8-9-15)11-5-2-1-3-6-11/h1-7,10,13H,8-9,16H2,(H2,17,18). The first kappa shape index (κ1) is 11.2. The van der Waals surface area contributed by atoms with E-state index in [0.29, 0.717) is 5.82 Å². The number of nitrogen functional groups attached to an aromatic ring is 1. The fourth-order valence-corrected chi connectivity index (χ4v) is 2.67. The van der Waals surface area contributed by atoms with Gasteiger partial charge < -0.3 is 11.5 Å². The zero-order valence-corrected chi connectivity index (χ0v) is 10.2. The third-order valence-corrected chi connectivity index (χ3v) is 3.94. The molecule has 1 atom stereocenters. The molecule has 2 aromatic rings. The first-order valence-corrected chi connectivity index (χ1v) is 6.25. The van der Waals surface area contributed by atoms with Gasteiger partial charge in [-0.15, -0.1) is 0 Å². The Balaban J connectivity index is 1.98. The Kier molecular flexibility index (Phi) is 2.56. The van der Waals surface area contributed by atoms with Crippen LogP contribution < -0.4 is 11.5 Å². The summed E-state index contributed by atoms with van der Waals surface area (Å²) in [6, 6.07) is 14.3. The largest absolute Gasteiger partial charge is 0.383 e. The van der Waals surface area contributed by atoms with Gasteiger partial charge in [0, 0.05) is 23.2 Å². The van der Waals surface area contributed by atoms with E-state index < -0.39 is 0 Å². The average molecular weight is 239 g/mol. The molecule has 0 radical (unpaired) electrons. The van der Waals surface area contributed by atoms with E-state index in [1.807, 2.05) is 18.2 Å². The second-order valence-electron chi connectivity index (χ2n) is 4.98. The van der Waals surface area contributed by atoms with Gasteiger partial charge in [0.2, 0.25) is 0 Å². The smallest absolute Gasteiger partial charge is 0.128 e. The molecule has 0 amide bonds. The second kappa shape index (κ2) is 4.10. The number of rotatable bonds is 3. The summed E-state index contributed by atoms with van der Waals surface area (Å²) in [4.78, 5) is 4.13. The highest BCUT2D eigenvalue weighted by atomic mass is 14.9. The van der Waals surface area contributed by atoms with E-state index in [9.17, 15) is 0 Å². The Morgan fingerprint density at radius 3 is 2.39 bits per heavy atom. The lowest BCUT2D eigenvalue weighted by molar-refractivity contribution is 0.541. The van der Waals surface area contributed by atoms with Crippen LogP contribution in [0.1, 0.15) is 30.0 Å². The number of aromatic nitrogens is 1. The lowest BCUT2D eigenvalue weighted by atomic mass is 9.84. The van der Waals surface area contributed by atoms with Crippen molar-refractivity contribution in [2.45, 2.75) is 24.3 Å². The van der Waals surface area contributed by atoms with Crippen molar-refractivity contribution in [3.63, 3.8) is 0 Å². The van der Waals surface area contributed by atoms with Gasteiger partial charge in [-0.25, -0.2) is 4.98 Å². The topological polar surface area (TPSA) is 64.9 Å². The van der Waals surface area contributed by atoms with Crippen molar-refractivity contribution in [2.24, 2.45) is 5.73 Å². The molecule has 1 unspecified atom stereocenters. The third-order valence-electron chi connectivity index (χ3n) is 3.94. The van der Waals surface area contributed by atoms with E-state index in [-0.39, 0.29) is 11.5 Å². The maximum atomic E-state index is 6.45. The first-order valence-electron chi connectivity index (χ1n) is 6.25. The van der Waals surface area contributed by atoms with Gasteiger partial charge in [0.15, 0.2) is 0 Å². The molecule has 0 spiro atoms. The molecular weight excluding hydrogens is 222 g/mol. The van der Waals surface area contributed by atoms with Gasteiger partial charge in [0.25, 0.3) is 0 Å². The van der Waals surface area contributed by atoms with Crippen molar-refractivity contribution in [2.75, 3.05) is 5.73 Å². The molecule has 3 heteroatoms. The van der Waals surface area contributed by atoms with E-state index in [1.165, 1.54) is 5.56 Å². The molecule has 1 heterocycles. The minimum Gasteiger partial charge on any atom is -0.383 e. The number of benzene rings is 1. The molecule has 0 saturated heterocycles. The van der Waals surface area contributed by atoms with Gasteiger partial charge in [-0.2, -0.15) is 0 Å². The van der Waals surface area contributed by atoms with Gasteiger partial charge in [0.05, 0.1) is 0 Å². The number of hydrogen-bond donors (Lipinski definition) is 2. The van der Waals surface area contributed by atoms with Crippen molar-refractivity contribution in [1.29, 1.82) is 0 Å². The van der Waals surface area contributed by atoms with Crippen molar-refractivity contribution in [1.82, 2.24) is 4.98 Å². The van der Waals surface area contributed by atoms with Crippen LogP contribution in [0.2, 0.25) is 0 Å². The van der Waals surface area contributed by atoms with E-state index in [1.54, 1.807) is 6.20 Å². The lowest BCUT2D eigenvalue weighted by Gasteiger charge is -2.25. The molecule has 0 bridgehead atoms. The highest BCUT2D eigenvalue weighted by Crippen LogP contribution is 2.55. The van der Waals surface area contributed by atoms with Crippen LogP contribution in [0.4, 0.5) is 5.82 Å². The highest BCUT2D eigenvalue weighted by molar-refractivity contribution is 5.46. The van der Waals surface area contributed by atoms with Crippen LogP contribution in [0.5, 0.6) is 0 Å². The van der Waals surface area contributed by atoms with Gasteiger partial charge >= 0.3 is 0 Å². The summed E-state index contributed by atoms with van der Waals surface area (Å²) in [7, 11) is 0. The molecule has 1 aliphatic carbocycles. The Morgan fingerprint density at radius 1 is 1.06 bits per heavy atom. The molecule has 1 aliphatic rings. The fourth-order valence-electron chi connectivity index (χ4n) is 2.67. The van der Waals surface area contributed by atoms with Gasteiger partial charge in [0.1, 0.15) is 5.82 Å². The SMILES string of the molecule is Nc1ncccc1C(N)C1(c2ccccc2)CC1. The van der Waals surface area contributed by atoms with Crippen LogP contribution in [-0.4, -0.2) is 4.98 Å². The van der Waals surface area contributed by atoms with Crippen LogP contribution in [-0.2, 0) is 5.41 Å². The molecule has 3 rings (SSSR count). The van der Waals surface area contributed by atoms with Gasteiger partial charge in [-0.05, 0) is 24.5 Å². The van der Waals surface area contributed by atoms with Crippen molar-refractivity contribution in [3.8, 4) is 0 Å². The van der Waals surface area contributed by atoms with Crippen molar-refractivity contribution in [3.05, 3.63) is 59.8 Å². The van der Waals surface area contributed by atoms with E-state index in [2.05, 4.69) is 29.2 Å². The lowest BCUT2D eigenvalue weighted by Crippen LogP contribution is -2.27. The molecule has 18 heavy (non-hydrogen) atoms. The van der Waals surface area contributed by atoms with Gasteiger partial charge in [-0.3, -0.25) is 0 Å². The summed E-state index contributed by atoms with van der Waals surface area (Å²) in [6.45, 7) is 0. The Hall–Kier alpha value is -1.87. The molecule has 4 N–H and O–H groups in total.